The van der Waals surface area contributed by atoms with E-state index < -0.39 is 11.4 Å². The fourth-order valence-corrected chi connectivity index (χ4v) is 1.83. The van der Waals surface area contributed by atoms with E-state index in [1.807, 2.05) is 30.3 Å². The summed E-state index contributed by atoms with van der Waals surface area (Å²) in [7, 11) is 0. The molecule has 1 aromatic heterocycles. The van der Waals surface area contributed by atoms with E-state index in [1.165, 1.54) is 0 Å². The molecule has 0 radical (unpaired) electrons. The third-order valence-corrected chi connectivity index (χ3v) is 2.84. The van der Waals surface area contributed by atoms with Crippen molar-refractivity contribution in [2.45, 2.75) is 13.0 Å². The van der Waals surface area contributed by atoms with Crippen LogP contribution in [0.3, 0.4) is 0 Å². The van der Waals surface area contributed by atoms with E-state index in [2.05, 4.69) is 5.32 Å². The first-order chi connectivity index (χ1) is 9.65. The lowest BCUT2D eigenvalue weighted by atomic mass is 10.1. The number of halogens is 1. The zero-order chi connectivity index (χ0) is 14.4. The average molecular weight is 274 g/mol. The number of carbonyl (C=O) groups is 1. The predicted molar refractivity (Wildman–Crippen MR) is 73.8 cm³/mol. The number of nitrogens with zero attached hydrogens (tertiary/aromatic N) is 1. The number of rotatable bonds is 5. The lowest BCUT2D eigenvalue weighted by Crippen LogP contribution is -2.33. The van der Waals surface area contributed by atoms with Crippen molar-refractivity contribution in [1.29, 1.82) is 0 Å². The van der Waals surface area contributed by atoms with Crippen molar-refractivity contribution >= 4 is 5.91 Å². The molecule has 20 heavy (non-hydrogen) atoms. The highest BCUT2D eigenvalue weighted by Crippen LogP contribution is 1.98. The minimum absolute atomic E-state index is 0.175. The van der Waals surface area contributed by atoms with Gasteiger partial charge in [-0.05, 0) is 18.1 Å². The van der Waals surface area contributed by atoms with Gasteiger partial charge in [0.1, 0.15) is 12.4 Å². The van der Waals surface area contributed by atoms with Crippen LogP contribution >= 0.6 is 0 Å². The average Bonchev–Trinajstić information content (AvgIpc) is 2.44. The molecule has 0 unspecified atom stereocenters. The van der Waals surface area contributed by atoms with Crippen LogP contribution in [0.4, 0.5) is 4.39 Å². The number of nitrogens with one attached hydrogen (secondary N) is 1. The Balaban J connectivity index is 1.84. The molecule has 0 spiro atoms. The maximum atomic E-state index is 13.0. The number of amides is 1. The zero-order valence-electron chi connectivity index (χ0n) is 10.9. The van der Waals surface area contributed by atoms with Crippen molar-refractivity contribution in [2.24, 2.45) is 0 Å². The first-order valence-electron chi connectivity index (χ1n) is 6.32. The Kier molecular flexibility index (Phi) is 4.65. The number of pyridine rings is 1. The second kappa shape index (κ2) is 6.65. The van der Waals surface area contributed by atoms with Crippen LogP contribution in [0.15, 0.2) is 53.5 Å². The molecule has 0 aliphatic heterocycles. The van der Waals surface area contributed by atoms with Gasteiger partial charge in [-0.3, -0.25) is 9.59 Å². The molecule has 1 aromatic carbocycles. The Morgan fingerprint density at radius 2 is 1.90 bits per heavy atom. The molecule has 5 heteroatoms. The highest BCUT2D eigenvalue weighted by molar-refractivity contribution is 5.75. The molecular formula is C15H15FN2O2. The third-order valence-electron chi connectivity index (χ3n) is 2.84. The maximum absolute atomic E-state index is 13.0. The number of benzene rings is 1. The highest BCUT2D eigenvalue weighted by Gasteiger charge is 2.05. The molecule has 2 rings (SSSR count). The van der Waals surface area contributed by atoms with Crippen molar-refractivity contribution < 1.29 is 9.18 Å². The molecule has 1 heterocycles. The van der Waals surface area contributed by atoms with Gasteiger partial charge < -0.3 is 9.88 Å². The van der Waals surface area contributed by atoms with Crippen LogP contribution in [0.2, 0.25) is 0 Å². The summed E-state index contributed by atoms with van der Waals surface area (Å²) in [4.78, 5) is 23.1. The lowest BCUT2D eigenvalue weighted by molar-refractivity contribution is -0.121. The van der Waals surface area contributed by atoms with Crippen LogP contribution in [0.5, 0.6) is 0 Å². The molecule has 0 saturated heterocycles. The summed E-state index contributed by atoms with van der Waals surface area (Å²) in [6.45, 7) is 0.304. The van der Waals surface area contributed by atoms with E-state index >= 15 is 0 Å². The molecule has 0 bridgehead atoms. The van der Waals surface area contributed by atoms with Crippen LogP contribution in [-0.2, 0) is 17.8 Å². The quantitative estimate of drug-likeness (QED) is 0.894. The van der Waals surface area contributed by atoms with Gasteiger partial charge in [-0.1, -0.05) is 30.3 Å². The summed E-state index contributed by atoms with van der Waals surface area (Å²) in [6, 6.07) is 11.9. The SMILES string of the molecule is O=C(Cn1cc(F)ccc1=O)NCCc1ccccc1. The summed E-state index contributed by atoms with van der Waals surface area (Å²) < 4.78 is 14.0. The van der Waals surface area contributed by atoms with Gasteiger partial charge in [0.25, 0.3) is 5.56 Å². The second-order valence-electron chi connectivity index (χ2n) is 4.40. The molecule has 0 aliphatic rings. The van der Waals surface area contributed by atoms with Crippen molar-refractivity contribution in [2.75, 3.05) is 6.54 Å². The van der Waals surface area contributed by atoms with Gasteiger partial charge in [0.05, 0.1) is 0 Å². The predicted octanol–water partition coefficient (Wildman–Crippen LogP) is 1.35. The molecule has 0 atom stereocenters. The molecule has 2 aromatic rings. The normalized spacial score (nSPS) is 10.2. The zero-order valence-corrected chi connectivity index (χ0v) is 10.9. The van der Waals surface area contributed by atoms with Crippen molar-refractivity contribution in [3.63, 3.8) is 0 Å². The van der Waals surface area contributed by atoms with E-state index in [9.17, 15) is 14.0 Å². The van der Waals surface area contributed by atoms with Gasteiger partial charge >= 0.3 is 0 Å². The lowest BCUT2D eigenvalue weighted by Gasteiger charge is -2.07. The van der Waals surface area contributed by atoms with Crippen LogP contribution in [-0.4, -0.2) is 17.0 Å². The molecule has 1 N–H and O–H groups in total. The monoisotopic (exact) mass is 274 g/mol. The topological polar surface area (TPSA) is 51.1 Å². The minimum Gasteiger partial charge on any atom is -0.354 e. The first kappa shape index (κ1) is 14.0. The van der Waals surface area contributed by atoms with Gasteiger partial charge in [0.15, 0.2) is 0 Å². The van der Waals surface area contributed by atoms with E-state index in [1.54, 1.807) is 0 Å². The smallest absolute Gasteiger partial charge is 0.251 e. The first-order valence-corrected chi connectivity index (χ1v) is 6.32. The summed E-state index contributed by atoms with van der Waals surface area (Å²) >= 11 is 0. The van der Waals surface area contributed by atoms with Gasteiger partial charge in [-0.2, -0.15) is 0 Å². The van der Waals surface area contributed by atoms with Gasteiger partial charge in [-0.25, -0.2) is 4.39 Å². The van der Waals surface area contributed by atoms with Crippen molar-refractivity contribution in [3.8, 4) is 0 Å². The van der Waals surface area contributed by atoms with Crippen LogP contribution in [0.1, 0.15) is 5.56 Å². The van der Waals surface area contributed by atoms with E-state index in [0.29, 0.717) is 13.0 Å². The Hall–Kier alpha value is -2.43. The van der Waals surface area contributed by atoms with Crippen LogP contribution < -0.4 is 10.9 Å². The number of hydrogen-bond acceptors (Lipinski definition) is 2. The standard InChI is InChI=1S/C15H15FN2O2/c16-13-6-7-15(20)18(10-13)11-14(19)17-9-8-12-4-2-1-3-5-12/h1-7,10H,8-9,11H2,(H,17,19). The molecule has 0 fully saturated rings. The molecule has 4 nitrogen and oxygen atoms in total. The van der Waals surface area contributed by atoms with Gasteiger partial charge in [-0.15, -0.1) is 0 Å². The molecule has 0 saturated carbocycles. The summed E-state index contributed by atoms with van der Waals surface area (Å²) in [6.07, 6.45) is 1.74. The van der Waals surface area contributed by atoms with Crippen molar-refractivity contribution in [1.82, 2.24) is 9.88 Å². The summed E-state index contributed by atoms with van der Waals surface area (Å²) in [5.41, 5.74) is 0.723. The van der Waals surface area contributed by atoms with Gasteiger partial charge in [0, 0.05) is 18.8 Å². The minimum atomic E-state index is -0.540. The van der Waals surface area contributed by atoms with Crippen LogP contribution in [0.25, 0.3) is 0 Å². The fourth-order valence-electron chi connectivity index (χ4n) is 1.83. The van der Waals surface area contributed by atoms with E-state index in [-0.39, 0.29) is 12.5 Å². The third kappa shape index (κ3) is 4.05. The molecule has 1 amide bonds. The number of aromatic nitrogens is 1. The molecule has 104 valence electrons. The summed E-state index contributed by atoms with van der Waals surface area (Å²) in [5, 5.41) is 2.71. The highest BCUT2D eigenvalue weighted by atomic mass is 19.1. The fraction of sp³-hybridized carbons (Fsp3) is 0.200. The Labute approximate surface area is 115 Å². The summed E-state index contributed by atoms with van der Waals surface area (Å²) in [5.74, 6) is -0.852. The largest absolute Gasteiger partial charge is 0.354 e. The Morgan fingerprint density at radius 1 is 1.15 bits per heavy atom. The van der Waals surface area contributed by atoms with Gasteiger partial charge in [0.2, 0.25) is 5.91 Å². The maximum Gasteiger partial charge on any atom is 0.251 e. The number of carbonyl (C=O) groups excluding carboxylic acids is 1. The second-order valence-corrected chi connectivity index (χ2v) is 4.40. The molecule has 0 aliphatic carbocycles. The van der Waals surface area contributed by atoms with E-state index in [4.69, 9.17) is 0 Å². The van der Waals surface area contributed by atoms with Crippen molar-refractivity contribution in [3.05, 3.63) is 70.4 Å². The van der Waals surface area contributed by atoms with Crippen LogP contribution in [0, 0.1) is 5.82 Å². The Bertz CT molecular complexity index is 638. The van der Waals surface area contributed by atoms with E-state index in [0.717, 1.165) is 28.5 Å². The molecular weight excluding hydrogens is 259 g/mol. The Morgan fingerprint density at radius 3 is 2.65 bits per heavy atom. The number of hydrogen-bond donors (Lipinski definition) is 1.